The first-order valence-electron chi connectivity index (χ1n) is 7.64. The van der Waals surface area contributed by atoms with Gasteiger partial charge in [-0.05, 0) is 23.8 Å². The maximum absolute atomic E-state index is 12.4. The Balaban J connectivity index is 1.62. The van der Waals surface area contributed by atoms with E-state index in [4.69, 9.17) is 5.73 Å². The number of anilines is 1. The van der Waals surface area contributed by atoms with Crippen LogP contribution in [0.3, 0.4) is 0 Å². The molecule has 2 aromatic rings. The summed E-state index contributed by atoms with van der Waals surface area (Å²) in [6, 6.07) is 17.5. The summed E-state index contributed by atoms with van der Waals surface area (Å²) in [6.07, 6.45) is 0.393. The molecule has 118 valence electrons. The molecule has 1 aliphatic heterocycles. The SMILES string of the molecule is CN(C(=O)CCN1Cc2ccccc2N=C1N)c1ccccc1. The fourth-order valence-corrected chi connectivity index (χ4v) is 2.62. The number of para-hydroxylation sites is 2. The minimum atomic E-state index is 0.0582. The Morgan fingerprint density at radius 3 is 2.65 bits per heavy atom. The zero-order valence-electron chi connectivity index (χ0n) is 13.1. The van der Waals surface area contributed by atoms with Crippen LogP contribution in [0.1, 0.15) is 12.0 Å². The summed E-state index contributed by atoms with van der Waals surface area (Å²) < 4.78 is 0. The predicted octanol–water partition coefficient (Wildman–Crippen LogP) is 2.50. The number of hydrogen-bond donors (Lipinski definition) is 1. The Labute approximate surface area is 136 Å². The van der Waals surface area contributed by atoms with Gasteiger partial charge >= 0.3 is 0 Å². The van der Waals surface area contributed by atoms with E-state index < -0.39 is 0 Å². The second-order valence-electron chi connectivity index (χ2n) is 5.56. The highest BCUT2D eigenvalue weighted by Gasteiger charge is 2.19. The Bertz CT molecular complexity index is 727. The highest BCUT2D eigenvalue weighted by molar-refractivity contribution is 5.93. The van der Waals surface area contributed by atoms with Crippen molar-refractivity contribution in [2.24, 2.45) is 10.7 Å². The molecule has 0 aliphatic carbocycles. The van der Waals surface area contributed by atoms with E-state index in [0.29, 0.717) is 25.5 Å². The highest BCUT2D eigenvalue weighted by atomic mass is 16.2. The number of benzene rings is 2. The summed E-state index contributed by atoms with van der Waals surface area (Å²) in [5, 5.41) is 0. The number of nitrogens with zero attached hydrogens (tertiary/aromatic N) is 3. The molecule has 1 amide bonds. The molecule has 0 radical (unpaired) electrons. The minimum absolute atomic E-state index is 0.0582. The number of fused-ring (bicyclic) bond motifs is 1. The van der Waals surface area contributed by atoms with Gasteiger partial charge in [-0.1, -0.05) is 36.4 Å². The normalized spacial score (nSPS) is 13.3. The number of carbonyl (C=O) groups is 1. The van der Waals surface area contributed by atoms with Crippen LogP contribution in [-0.2, 0) is 11.3 Å². The second-order valence-corrected chi connectivity index (χ2v) is 5.56. The van der Waals surface area contributed by atoms with E-state index in [-0.39, 0.29) is 5.91 Å². The van der Waals surface area contributed by atoms with E-state index in [2.05, 4.69) is 4.99 Å². The summed E-state index contributed by atoms with van der Waals surface area (Å²) in [4.78, 5) is 20.4. The van der Waals surface area contributed by atoms with Gasteiger partial charge < -0.3 is 15.5 Å². The van der Waals surface area contributed by atoms with Crippen LogP contribution in [0.15, 0.2) is 59.6 Å². The summed E-state index contributed by atoms with van der Waals surface area (Å²) in [5.41, 5.74) is 8.95. The minimum Gasteiger partial charge on any atom is -0.369 e. The van der Waals surface area contributed by atoms with Crippen LogP contribution in [0, 0.1) is 0 Å². The predicted molar refractivity (Wildman–Crippen MR) is 92.6 cm³/mol. The van der Waals surface area contributed by atoms with Crippen molar-refractivity contribution in [2.45, 2.75) is 13.0 Å². The summed E-state index contributed by atoms with van der Waals surface area (Å²) in [7, 11) is 1.79. The smallest absolute Gasteiger partial charge is 0.228 e. The third-order valence-electron chi connectivity index (χ3n) is 4.02. The van der Waals surface area contributed by atoms with Crippen molar-refractivity contribution in [3.63, 3.8) is 0 Å². The Kier molecular flexibility index (Phi) is 4.28. The molecule has 0 fully saturated rings. The zero-order valence-corrected chi connectivity index (χ0v) is 13.1. The maximum Gasteiger partial charge on any atom is 0.228 e. The van der Waals surface area contributed by atoms with Crippen LogP contribution < -0.4 is 10.6 Å². The third-order valence-corrected chi connectivity index (χ3v) is 4.02. The van der Waals surface area contributed by atoms with Crippen molar-refractivity contribution in [3.8, 4) is 0 Å². The van der Waals surface area contributed by atoms with Crippen LogP contribution in [0.2, 0.25) is 0 Å². The molecule has 5 nitrogen and oxygen atoms in total. The van der Waals surface area contributed by atoms with Crippen LogP contribution in [0.5, 0.6) is 0 Å². The first kappa shape index (κ1) is 15.1. The van der Waals surface area contributed by atoms with Crippen LogP contribution in [0.4, 0.5) is 11.4 Å². The van der Waals surface area contributed by atoms with Gasteiger partial charge in [-0.15, -0.1) is 0 Å². The quantitative estimate of drug-likeness (QED) is 0.944. The van der Waals surface area contributed by atoms with Gasteiger partial charge in [0.1, 0.15) is 0 Å². The summed E-state index contributed by atoms with van der Waals surface area (Å²) in [5.74, 6) is 0.529. The molecule has 0 bridgehead atoms. The largest absolute Gasteiger partial charge is 0.369 e. The van der Waals surface area contributed by atoms with Crippen molar-refractivity contribution in [2.75, 3.05) is 18.5 Å². The van der Waals surface area contributed by atoms with Gasteiger partial charge in [-0.25, -0.2) is 4.99 Å². The topological polar surface area (TPSA) is 61.9 Å². The third kappa shape index (κ3) is 3.34. The van der Waals surface area contributed by atoms with Gasteiger partial charge in [0.15, 0.2) is 5.96 Å². The van der Waals surface area contributed by atoms with Crippen LogP contribution in [0.25, 0.3) is 0 Å². The van der Waals surface area contributed by atoms with Gasteiger partial charge in [0.25, 0.3) is 0 Å². The molecule has 0 unspecified atom stereocenters. The summed E-state index contributed by atoms with van der Waals surface area (Å²) in [6.45, 7) is 1.24. The second kappa shape index (κ2) is 6.52. The van der Waals surface area contributed by atoms with E-state index in [9.17, 15) is 4.79 Å². The molecular formula is C18H20N4O. The number of guanidine groups is 1. The molecular weight excluding hydrogens is 288 g/mol. The lowest BCUT2D eigenvalue weighted by Crippen LogP contribution is -2.41. The average Bonchev–Trinajstić information content (AvgIpc) is 2.59. The fourth-order valence-electron chi connectivity index (χ4n) is 2.62. The van der Waals surface area contributed by atoms with Gasteiger partial charge in [0.2, 0.25) is 5.91 Å². The summed E-state index contributed by atoms with van der Waals surface area (Å²) >= 11 is 0. The molecule has 0 saturated carbocycles. The Hall–Kier alpha value is -2.82. The molecule has 23 heavy (non-hydrogen) atoms. The molecule has 1 heterocycles. The lowest BCUT2D eigenvalue weighted by molar-refractivity contribution is -0.118. The van der Waals surface area contributed by atoms with Crippen LogP contribution in [-0.4, -0.2) is 30.4 Å². The molecule has 0 spiro atoms. The standard InChI is InChI=1S/C18H20N4O/c1-21(15-8-3-2-4-9-15)17(23)11-12-22-13-14-7-5-6-10-16(14)20-18(22)19/h2-10H,11-13H2,1H3,(H2,19,20). The molecule has 0 aromatic heterocycles. The van der Waals surface area contributed by atoms with E-state index in [1.54, 1.807) is 11.9 Å². The van der Waals surface area contributed by atoms with Crippen molar-refractivity contribution in [1.29, 1.82) is 0 Å². The van der Waals surface area contributed by atoms with E-state index in [1.807, 2.05) is 59.5 Å². The monoisotopic (exact) mass is 308 g/mol. The van der Waals surface area contributed by atoms with Crippen LogP contribution >= 0.6 is 0 Å². The molecule has 0 saturated heterocycles. The van der Waals surface area contributed by atoms with Gasteiger partial charge in [-0.3, -0.25) is 4.79 Å². The van der Waals surface area contributed by atoms with E-state index in [1.165, 1.54) is 0 Å². The average molecular weight is 308 g/mol. The van der Waals surface area contributed by atoms with E-state index >= 15 is 0 Å². The molecule has 3 rings (SSSR count). The van der Waals surface area contributed by atoms with Crippen molar-refractivity contribution < 1.29 is 4.79 Å². The number of hydrogen-bond acceptors (Lipinski definition) is 4. The Morgan fingerprint density at radius 2 is 1.87 bits per heavy atom. The van der Waals surface area contributed by atoms with Crippen molar-refractivity contribution in [3.05, 3.63) is 60.2 Å². The Morgan fingerprint density at radius 1 is 1.17 bits per heavy atom. The number of aliphatic imine (C=N–C) groups is 1. The maximum atomic E-state index is 12.4. The highest BCUT2D eigenvalue weighted by Crippen LogP contribution is 2.24. The number of carbonyl (C=O) groups excluding carboxylic acids is 1. The van der Waals surface area contributed by atoms with Crippen molar-refractivity contribution >= 4 is 23.2 Å². The first-order chi connectivity index (χ1) is 11.1. The molecule has 2 aromatic carbocycles. The van der Waals surface area contributed by atoms with Gasteiger partial charge in [-0.2, -0.15) is 0 Å². The molecule has 0 atom stereocenters. The molecule has 1 aliphatic rings. The fraction of sp³-hybridized carbons (Fsp3) is 0.222. The van der Waals surface area contributed by atoms with Crippen molar-refractivity contribution in [1.82, 2.24) is 4.90 Å². The molecule has 2 N–H and O–H groups in total. The first-order valence-corrected chi connectivity index (χ1v) is 7.64. The molecule has 5 heteroatoms. The lowest BCUT2D eigenvalue weighted by Gasteiger charge is -2.28. The number of rotatable bonds is 4. The van der Waals surface area contributed by atoms with E-state index in [0.717, 1.165) is 16.9 Å². The van der Waals surface area contributed by atoms with Gasteiger partial charge in [0, 0.05) is 32.2 Å². The zero-order chi connectivity index (χ0) is 16.2. The van der Waals surface area contributed by atoms with Gasteiger partial charge in [0.05, 0.1) is 5.69 Å². The number of nitrogens with two attached hydrogens (primary N) is 1. The lowest BCUT2D eigenvalue weighted by atomic mass is 10.1. The number of amides is 1.